The summed E-state index contributed by atoms with van der Waals surface area (Å²) < 4.78 is 0. The van der Waals surface area contributed by atoms with Gasteiger partial charge >= 0.3 is 5.97 Å². The molecule has 0 saturated heterocycles. The van der Waals surface area contributed by atoms with Gasteiger partial charge < -0.3 is 10.8 Å². The molecule has 0 aliphatic heterocycles. The highest BCUT2D eigenvalue weighted by Crippen LogP contribution is 2.10. The molecular formula is C7H13NO2. The van der Waals surface area contributed by atoms with E-state index in [-0.39, 0.29) is 5.57 Å². The Kier molecular flexibility index (Phi) is 2.60. The van der Waals surface area contributed by atoms with E-state index in [9.17, 15) is 4.79 Å². The molecule has 0 heterocycles. The van der Waals surface area contributed by atoms with Crippen molar-refractivity contribution >= 4 is 5.97 Å². The topological polar surface area (TPSA) is 63.3 Å². The summed E-state index contributed by atoms with van der Waals surface area (Å²) in [4.78, 5) is 10.2. The van der Waals surface area contributed by atoms with Crippen LogP contribution in [-0.2, 0) is 4.79 Å². The number of aliphatic carboxylic acids is 1. The molecule has 0 aliphatic carbocycles. The highest BCUT2D eigenvalue weighted by Gasteiger charge is 2.15. The van der Waals surface area contributed by atoms with Gasteiger partial charge in [0.05, 0.1) is 0 Å². The third-order valence-corrected chi connectivity index (χ3v) is 0.971. The Morgan fingerprint density at radius 2 is 2.10 bits per heavy atom. The molecule has 0 aromatic heterocycles. The average Bonchev–Trinajstić information content (AvgIpc) is 1.60. The fourth-order valence-corrected chi connectivity index (χ4v) is 0.626. The van der Waals surface area contributed by atoms with Crippen molar-refractivity contribution in [3.8, 4) is 0 Å². The minimum absolute atomic E-state index is 0.160. The molecular weight excluding hydrogens is 130 g/mol. The third-order valence-electron chi connectivity index (χ3n) is 0.971. The van der Waals surface area contributed by atoms with E-state index in [1.165, 1.54) is 0 Å². The Labute approximate surface area is 60.5 Å². The Morgan fingerprint density at radius 1 is 1.70 bits per heavy atom. The highest BCUT2D eigenvalue weighted by atomic mass is 16.4. The van der Waals surface area contributed by atoms with Gasteiger partial charge in [-0.25, -0.2) is 4.79 Å². The van der Waals surface area contributed by atoms with E-state index in [0.29, 0.717) is 6.42 Å². The standard InChI is InChI=1S/C7H13NO2/c1-5(6(9)10)4-7(2,3)8/h1,4,8H2,2-3H3,(H,9,10). The smallest absolute Gasteiger partial charge is 0.331 e. The van der Waals surface area contributed by atoms with Crippen molar-refractivity contribution in [2.45, 2.75) is 25.8 Å². The number of rotatable bonds is 3. The Morgan fingerprint density at radius 3 is 2.20 bits per heavy atom. The Balaban J connectivity index is 3.93. The second kappa shape index (κ2) is 2.84. The normalized spacial score (nSPS) is 11.1. The predicted octanol–water partition coefficient (Wildman–Crippen LogP) is 0.755. The molecule has 0 atom stereocenters. The van der Waals surface area contributed by atoms with Crippen molar-refractivity contribution in [2.24, 2.45) is 5.73 Å². The quantitative estimate of drug-likeness (QED) is 0.573. The first-order valence-corrected chi connectivity index (χ1v) is 3.03. The van der Waals surface area contributed by atoms with Crippen LogP contribution in [0.15, 0.2) is 12.2 Å². The van der Waals surface area contributed by atoms with Gasteiger partial charge in [0.15, 0.2) is 0 Å². The largest absolute Gasteiger partial charge is 0.478 e. The zero-order chi connectivity index (χ0) is 8.36. The number of carboxylic acids is 1. The number of nitrogens with two attached hydrogens (primary N) is 1. The molecule has 0 aromatic carbocycles. The fraction of sp³-hybridized carbons (Fsp3) is 0.571. The molecule has 0 spiro atoms. The lowest BCUT2D eigenvalue weighted by Gasteiger charge is -2.17. The monoisotopic (exact) mass is 143 g/mol. The van der Waals surface area contributed by atoms with E-state index in [4.69, 9.17) is 10.8 Å². The van der Waals surface area contributed by atoms with Gasteiger partial charge in [-0.15, -0.1) is 0 Å². The molecule has 0 radical (unpaired) electrons. The molecule has 0 fully saturated rings. The van der Waals surface area contributed by atoms with Gasteiger partial charge in [0.2, 0.25) is 0 Å². The van der Waals surface area contributed by atoms with Crippen LogP contribution in [0.4, 0.5) is 0 Å². The van der Waals surface area contributed by atoms with Gasteiger partial charge in [-0.2, -0.15) is 0 Å². The molecule has 3 N–H and O–H groups in total. The minimum atomic E-state index is -0.974. The molecule has 0 saturated carbocycles. The third kappa shape index (κ3) is 4.09. The van der Waals surface area contributed by atoms with Crippen LogP contribution in [0.25, 0.3) is 0 Å². The van der Waals surface area contributed by atoms with Gasteiger partial charge in [0.1, 0.15) is 0 Å². The lowest BCUT2D eigenvalue weighted by Crippen LogP contribution is -2.33. The first kappa shape index (κ1) is 9.17. The van der Waals surface area contributed by atoms with Gasteiger partial charge in [-0.3, -0.25) is 0 Å². The van der Waals surface area contributed by atoms with Crippen LogP contribution in [-0.4, -0.2) is 16.6 Å². The second-order valence-corrected chi connectivity index (χ2v) is 3.07. The van der Waals surface area contributed by atoms with E-state index in [2.05, 4.69) is 6.58 Å². The van der Waals surface area contributed by atoms with Crippen LogP contribution in [0.5, 0.6) is 0 Å². The summed E-state index contributed by atoms with van der Waals surface area (Å²) in [5.74, 6) is -0.974. The van der Waals surface area contributed by atoms with E-state index in [1.807, 2.05) is 0 Å². The maximum absolute atomic E-state index is 10.2. The first-order valence-electron chi connectivity index (χ1n) is 3.03. The molecule has 3 nitrogen and oxygen atoms in total. The first-order chi connectivity index (χ1) is 4.33. The maximum atomic E-state index is 10.2. The predicted molar refractivity (Wildman–Crippen MR) is 39.7 cm³/mol. The molecule has 0 rings (SSSR count). The molecule has 58 valence electrons. The van der Waals surface area contributed by atoms with Gasteiger partial charge in [-0.05, 0) is 20.3 Å². The summed E-state index contributed by atoms with van der Waals surface area (Å²) in [6, 6.07) is 0. The van der Waals surface area contributed by atoms with Crippen LogP contribution in [0.3, 0.4) is 0 Å². The molecule has 0 amide bonds. The number of hydrogen-bond donors (Lipinski definition) is 2. The van der Waals surface area contributed by atoms with Crippen LogP contribution < -0.4 is 5.73 Å². The summed E-state index contributed by atoms with van der Waals surface area (Å²) in [5.41, 5.74) is 5.23. The van der Waals surface area contributed by atoms with Crippen LogP contribution in [0.2, 0.25) is 0 Å². The fourth-order valence-electron chi connectivity index (χ4n) is 0.626. The average molecular weight is 143 g/mol. The zero-order valence-corrected chi connectivity index (χ0v) is 6.35. The summed E-state index contributed by atoms with van der Waals surface area (Å²) in [6.45, 7) is 6.89. The van der Waals surface area contributed by atoms with Crippen LogP contribution in [0.1, 0.15) is 20.3 Å². The van der Waals surface area contributed by atoms with Gasteiger partial charge in [0, 0.05) is 11.1 Å². The van der Waals surface area contributed by atoms with Crippen LogP contribution >= 0.6 is 0 Å². The minimum Gasteiger partial charge on any atom is -0.478 e. The van der Waals surface area contributed by atoms with E-state index in [1.54, 1.807) is 13.8 Å². The van der Waals surface area contributed by atoms with Crippen molar-refractivity contribution in [3.05, 3.63) is 12.2 Å². The van der Waals surface area contributed by atoms with Gasteiger partial charge in [-0.1, -0.05) is 6.58 Å². The highest BCUT2D eigenvalue weighted by molar-refractivity contribution is 5.85. The summed E-state index contributed by atoms with van der Waals surface area (Å²) >= 11 is 0. The van der Waals surface area contributed by atoms with E-state index < -0.39 is 11.5 Å². The van der Waals surface area contributed by atoms with Crippen molar-refractivity contribution in [1.29, 1.82) is 0 Å². The summed E-state index contributed by atoms with van der Waals surface area (Å²) in [5, 5.41) is 8.39. The summed E-state index contributed by atoms with van der Waals surface area (Å²) in [7, 11) is 0. The molecule has 0 unspecified atom stereocenters. The Hall–Kier alpha value is -0.830. The molecule has 3 heteroatoms. The molecule has 0 aromatic rings. The lowest BCUT2D eigenvalue weighted by atomic mass is 9.97. The SMILES string of the molecule is C=C(CC(C)(C)N)C(=O)O. The molecule has 0 bridgehead atoms. The summed E-state index contributed by atoms with van der Waals surface area (Å²) in [6.07, 6.45) is 0.322. The van der Waals surface area contributed by atoms with Crippen molar-refractivity contribution in [1.82, 2.24) is 0 Å². The zero-order valence-electron chi connectivity index (χ0n) is 6.35. The van der Waals surface area contributed by atoms with Crippen molar-refractivity contribution in [2.75, 3.05) is 0 Å². The number of carboxylic acid groups (broad SMARTS) is 1. The number of hydrogen-bond acceptors (Lipinski definition) is 2. The van der Waals surface area contributed by atoms with E-state index >= 15 is 0 Å². The lowest BCUT2D eigenvalue weighted by molar-refractivity contribution is -0.132. The second-order valence-electron chi connectivity index (χ2n) is 3.07. The molecule has 10 heavy (non-hydrogen) atoms. The molecule has 0 aliphatic rings. The van der Waals surface area contributed by atoms with Crippen LogP contribution in [0, 0.1) is 0 Å². The maximum Gasteiger partial charge on any atom is 0.331 e. The van der Waals surface area contributed by atoms with Crippen molar-refractivity contribution in [3.63, 3.8) is 0 Å². The van der Waals surface area contributed by atoms with E-state index in [0.717, 1.165) is 0 Å². The number of carbonyl (C=O) groups is 1. The Bertz CT molecular complexity index is 155. The van der Waals surface area contributed by atoms with Crippen molar-refractivity contribution < 1.29 is 9.90 Å². The van der Waals surface area contributed by atoms with Gasteiger partial charge in [0.25, 0.3) is 0 Å².